The van der Waals surface area contributed by atoms with Gasteiger partial charge in [-0.3, -0.25) is 0 Å². The molecule has 1 aliphatic rings. The van der Waals surface area contributed by atoms with Crippen molar-refractivity contribution < 1.29 is 5.11 Å². The third-order valence-corrected chi connectivity index (χ3v) is 3.63. The maximum atomic E-state index is 10.2. The Bertz CT molecular complexity index is 346. The number of benzene rings is 1. The molecule has 2 nitrogen and oxygen atoms in total. The minimum atomic E-state index is -0.346. The molecular weight excluding hydrogens is 210 g/mol. The van der Waals surface area contributed by atoms with Crippen LogP contribution in [0.1, 0.15) is 37.0 Å². The highest BCUT2D eigenvalue weighted by molar-refractivity contribution is 5.23. The lowest BCUT2D eigenvalue weighted by atomic mass is 9.99. The quantitative estimate of drug-likeness (QED) is 0.867. The van der Waals surface area contributed by atoms with E-state index in [1.165, 1.54) is 18.4 Å². The van der Waals surface area contributed by atoms with Crippen molar-refractivity contribution in [3.05, 3.63) is 35.4 Å². The minimum absolute atomic E-state index is 0.346. The maximum absolute atomic E-state index is 10.2. The SMILES string of the molecule is Cc1ccc(C(O)CN2CCCC(C)C2)cc1. The Morgan fingerprint density at radius 2 is 2.06 bits per heavy atom. The van der Waals surface area contributed by atoms with Gasteiger partial charge < -0.3 is 10.0 Å². The molecular formula is C15H23NO. The van der Waals surface area contributed by atoms with E-state index in [4.69, 9.17) is 0 Å². The third-order valence-electron chi connectivity index (χ3n) is 3.63. The molecule has 0 spiro atoms. The Balaban J connectivity index is 1.91. The molecule has 94 valence electrons. The summed E-state index contributed by atoms with van der Waals surface area (Å²) in [6.07, 6.45) is 2.25. The molecule has 1 saturated heterocycles. The number of likely N-dealkylation sites (tertiary alicyclic amines) is 1. The lowest BCUT2D eigenvalue weighted by Crippen LogP contribution is -2.37. The van der Waals surface area contributed by atoms with Crippen LogP contribution in [0.2, 0.25) is 0 Å². The number of aliphatic hydroxyl groups is 1. The van der Waals surface area contributed by atoms with E-state index >= 15 is 0 Å². The summed E-state index contributed by atoms with van der Waals surface area (Å²) >= 11 is 0. The summed E-state index contributed by atoms with van der Waals surface area (Å²) in [4.78, 5) is 2.39. The average Bonchev–Trinajstić information content (AvgIpc) is 2.29. The normalized spacial score (nSPS) is 23.6. The van der Waals surface area contributed by atoms with Gasteiger partial charge in [0.1, 0.15) is 0 Å². The van der Waals surface area contributed by atoms with Gasteiger partial charge in [-0.1, -0.05) is 36.8 Å². The van der Waals surface area contributed by atoms with Crippen LogP contribution in [0.25, 0.3) is 0 Å². The molecule has 0 aliphatic carbocycles. The Labute approximate surface area is 104 Å². The first-order valence-electron chi connectivity index (χ1n) is 6.62. The summed E-state index contributed by atoms with van der Waals surface area (Å²) in [5, 5.41) is 10.2. The zero-order valence-corrected chi connectivity index (χ0v) is 10.9. The molecule has 2 rings (SSSR count). The topological polar surface area (TPSA) is 23.5 Å². The van der Waals surface area contributed by atoms with Gasteiger partial charge >= 0.3 is 0 Å². The highest BCUT2D eigenvalue weighted by atomic mass is 16.3. The van der Waals surface area contributed by atoms with Crippen molar-refractivity contribution in [3.8, 4) is 0 Å². The lowest BCUT2D eigenvalue weighted by molar-refractivity contribution is 0.0876. The van der Waals surface area contributed by atoms with Gasteiger partial charge in [-0.05, 0) is 37.8 Å². The van der Waals surface area contributed by atoms with Crippen molar-refractivity contribution in [2.75, 3.05) is 19.6 Å². The van der Waals surface area contributed by atoms with Crippen LogP contribution in [-0.2, 0) is 0 Å². The molecule has 2 heteroatoms. The fraction of sp³-hybridized carbons (Fsp3) is 0.600. The number of β-amino-alcohol motifs (C(OH)–C–C–N with tert-alkyl or cyclic N) is 1. The van der Waals surface area contributed by atoms with Crippen LogP contribution in [0, 0.1) is 12.8 Å². The number of aliphatic hydroxyl groups excluding tert-OH is 1. The lowest BCUT2D eigenvalue weighted by Gasteiger charge is -2.32. The molecule has 1 aliphatic heterocycles. The zero-order chi connectivity index (χ0) is 12.3. The second-order valence-corrected chi connectivity index (χ2v) is 5.43. The van der Waals surface area contributed by atoms with Gasteiger partial charge in [0, 0.05) is 13.1 Å². The highest BCUT2D eigenvalue weighted by Gasteiger charge is 2.19. The first-order valence-corrected chi connectivity index (χ1v) is 6.62. The molecule has 0 amide bonds. The van der Waals surface area contributed by atoms with Gasteiger partial charge in [-0.15, -0.1) is 0 Å². The summed E-state index contributed by atoms with van der Waals surface area (Å²) in [6.45, 7) is 7.40. The van der Waals surface area contributed by atoms with Gasteiger partial charge in [0.2, 0.25) is 0 Å². The number of hydrogen-bond donors (Lipinski definition) is 1. The Hall–Kier alpha value is -0.860. The fourth-order valence-corrected chi connectivity index (χ4v) is 2.59. The van der Waals surface area contributed by atoms with Crippen molar-refractivity contribution in [1.29, 1.82) is 0 Å². The molecule has 1 fully saturated rings. The van der Waals surface area contributed by atoms with Crippen LogP contribution >= 0.6 is 0 Å². The summed E-state index contributed by atoms with van der Waals surface area (Å²) < 4.78 is 0. The zero-order valence-electron chi connectivity index (χ0n) is 10.9. The first kappa shape index (κ1) is 12.6. The largest absolute Gasteiger partial charge is 0.387 e. The fourth-order valence-electron chi connectivity index (χ4n) is 2.59. The summed E-state index contributed by atoms with van der Waals surface area (Å²) in [6, 6.07) is 8.20. The van der Waals surface area contributed by atoms with Crippen LogP contribution in [0.4, 0.5) is 0 Å². The second kappa shape index (κ2) is 5.65. The highest BCUT2D eigenvalue weighted by Crippen LogP contribution is 2.20. The average molecular weight is 233 g/mol. The number of rotatable bonds is 3. The van der Waals surface area contributed by atoms with E-state index in [1.54, 1.807) is 0 Å². The van der Waals surface area contributed by atoms with Gasteiger partial charge in [-0.25, -0.2) is 0 Å². The molecule has 2 unspecified atom stereocenters. The summed E-state index contributed by atoms with van der Waals surface area (Å²) in [5.74, 6) is 0.772. The third kappa shape index (κ3) is 3.55. The smallest absolute Gasteiger partial charge is 0.0916 e. The van der Waals surface area contributed by atoms with Crippen LogP contribution in [0.5, 0.6) is 0 Å². The molecule has 17 heavy (non-hydrogen) atoms. The van der Waals surface area contributed by atoms with Gasteiger partial charge in [0.15, 0.2) is 0 Å². The number of aryl methyl sites for hydroxylation is 1. The standard InChI is InChI=1S/C15H23NO/c1-12-5-7-14(8-6-12)15(17)11-16-9-3-4-13(2)10-16/h5-8,13,15,17H,3-4,9-11H2,1-2H3. The summed E-state index contributed by atoms with van der Waals surface area (Å²) in [5.41, 5.74) is 2.28. The van der Waals surface area contributed by atoms with Crippen molar-refractivity contribution >= 4 is 0 Å². The van der Waals surface area contributed by atoms with Crippen LogP contribution in [0.3, 0.4) is 0 Å². The molecule has 0 aromatic heterocycles. The number of nitrogens with zero attached hydrogens (tertiary/aromatic N) is 1. The number of piperidine rings is 1. The van der Waals surface area contributed by atoms with Gasteiger partial charge in [0.25, 0.3) is 0 Å². The molecule has 0 saturated carbocycles. The van der Waals surface area contributed by atoms with Crippen molar-refractivity contribution in [2.45, 2.75) is 32.8 Å². The van der Waals surface area contributed by atoms with Crippen LogP contribution in [0.15, 0.2) is 24.3 Å². The van der Waals surface area contributed by atoms with Crippen molar-refractivity contribution in [3.63, 3.8) is 0 Å². The molecule has 2 atom stereocenters. The van der Waals surface area contributed by atoms with Crippen LogP contribution in [-0.4, -0.2) is 29.6 Å². The van der Waals surface area contributed by atoms with Crippen LogP contribution < -0.4 is 0 Å². The molecule has 1 heterocycles. The van der Waals surface area contributed by atoms with Gasteiger partial charge in [0.05, 0.1) is 6.10 Å². The molecule has 1 aromatic carbocycles. The predicted molar refractivity (Wildman–Crippen MR) is 71.0 cm³/mol. The predicted octanol–water partition coefficient (Wildman–Crippen LogP) is 2.76. The molecule has 0 radical (unpaired) electrons. The van der Waals surface area contributed by atoms with Crippen molar-refractivity contribution in [2.24, 2.45) is 5.92 Å². The monoisotopic (exact) mass is 233 g/mol. The minimum Gasteiger partial charge on any atom is -0.387 e. The molecule has 1 aromatic rings. The Morgan fingerprint density at radius 3 is 2.71 bits per heavy atom. The molecule has 0 bridgehead atoms. The van der Waals surface area contributed by atoms with E-state index in [-0.39, 0.29) is 6.10 Å². The van der Waals surface area contributed by atoms with E-state index in [1.807, 2.05) is 12.1 Å². The van der Waals surface area contributed by atoms with E-state index < -0.39 is 0 Å². The summed E-state index contributed by atoms with van der Waals surface area (Å²) in [7, 11) is 0. The van der Waals surface area contributed by atoms with E-state index in [2.05, 4.69) is 30.9 Å². The molecule has 1 N–H and O–H groups in total. The Kier molecular flexibility index (Phi) is 4.19. The van der Waals surface area contributed by atoms with E-state index in [9.17, 15) is 5.11 Å². The maximum Gasteiger partial charge on any atom is 0.0916 e. The van der Waals surface area contributed by atoms with E-state index in [0.29, 0.717) is 0 Å². The second-order valence-electron chi connectivity index (χ2n) is 5.43. The Morgan fingerprint density at radius 1 is 1.35 bits per heavy atom. The number of hydrogen-bond acceptors (Lipinski definition) is 2. The van der Waals surface area contributed by atoms with Crippen molar-refractivity contribution in [1.82, 2.24) is 4.90 Å². The van der Waals surface area contributed by atoms with E-state index in [0.717, 1.165) is 31.1 Å². The first-order chi connectivity index (χ1) is 8.15. The van der Waals surface area contributed by atoms with Gasteiger partial charge in [-0.2, -0.15) is 0 Å².